The molecule has 0 aliphatic carbocycles. The van der Waals surface area contributed by atoms with Crippen molar-refractivity contribution in [2.45, 2.75) is 47.1 Å². The highest BCUT2D eigenvalue weighted by molar-refractivity contribution is 6.02. The number of carboxylic acids is 1. The second-order valence-electron chi connectivity index (χ2n) is 6.74. The third-order valence-corrected chi connectivity index (χ3v) is 3.28. The van der Waals surface area contributed by atoms with Crippen LogP contribution in [0.15, 0.2) is 24.3 Å². The molecule has 4 nitrogen and oxygen atoms in total. The van der Waals surface area contributed by atoms with E-state index in [4.69, 9.17) is 9.84 Å². The Bertz CT molecular complexity index is 512. The maximum atomic E-state index is 12.3. The molecule has 1 rings (SSSR count). The van der Waals surface area contributed by atoms with E-state index in [1.54, 1.807) is 12.1 Å². The maximum absolute atomic E-state index is 12.3. The van der Waals surface area contributed by atoms with Gasteiger partial charge in [-0.1, -0.05) is 46.8 Å². The van der Waals surface area contributed by atoms with E-state index < -0.39 is 11.9 Å². The van der Waals surface area contributed by atoms with Crippen LogP contribution in [0.25, 0.3) is 0 Å². The van der Waals surface area contributed by atoms with Crippen molar-refractivity contribution in [3.8, 4) is 0 Å². The smallest absolute Gasteiger partial charge is 0.339 e. The molecule has 0 aliphatic rings. The van der Waals surface area contributed by atoms with Crippen molar-refractivity contribution in [2.75, 3.05) is 0 Å². The first-order valence-corrected chi connectivity index (χ1v) is 7.16. The van der Waals surface area contributed by atoms with Crippen LogP contribution in [-0.4, -0.2) is 23.1 Å². The molecule has 0 spiro atoms. The molecule has 1 aromatic carbocycles. The normalized spacial score (nSPS) is 13.0. The number of carbonyl (C=O) groups is 2. The predicted octanol–water partition coefficient (Wildman–Crippen LogP) is 4.00. The first-order valence-electron chi connectivity index (χ1n) is 7.16. The standard InChI is InChI=1S/C17H24O4/c1-11(2)10-14(17(3,4)5)21-16(20)13-9-7-6-8-12(13)15(18)19/h6-9,11,14H,10H2,1-5H3,(H,18,19)/t14-/m1/s1. The molecule has 0 bridgehead atoms. The minimum atomic E-state index is -1.13. The highest BCUT2D eigenvalue weighted by atomic mass is 16.5. The molecule has 1 atom stereocenters. The molecule has 0 saturated heterocycles. The van der Waals surface area contributed by atoms with Crippen molar-refractivity contribution < 1.29 is 19.4 Å². The van der Waals surface area contributed by atoms with E-state index in [0.29, 0.717) is 5.92 Å². The number of benzene rings is 1. The molecule has 21 heavy (non-hydrogen) atoms. The first kappa shape index (κ1) is 17.2. The zero-order chi connectivity index (χ0) is 16.2. The highest BCUT2D eigenvalue weighted by Gasteiger charge is 2.30. The Hall–Kier alpha value is -1.84. The SMILES string of the molecule is CC(C)C[C@@H](OC(=O)c1ccccc1C(=O)O)C(C)(C)C. The first-order chi connectivity index (χ1) is 9.62. The lowest BCUT2D eigenvalue weighted by molar-refractivity contribution is -0.0108. The number of hydrogen-bond donors (Lipinski definition) is 1. The molecule has 0 unspecified atom stereocenters. The third-order valence-electron chi connectivity index (χ3n) is 3.28. The molecule has 4 heteroatoms. The second-order valence-corrected chi connectivity index (χ2v) is 6.74. The van der Waals surface area contributed by atoms with Crippen LogP contribution in [0.1, 0.15) is 61.8 Å². The molecule has 1 N–H and O–H groups in total. The average molecular weight is 292 g/mol. The molecular weight excluding hydrogens is 268 g/mol. The summed E-state index contributed by atoms with van der Waals surface area (Å²) < 4.78 is 5.60. The van der Waals surface area contributed by atoms with Crippen LogP contribution in [0.4, 0.5) is 0 Å². The van der Waals surface area contributed by atoms with Crippen molar-refractivity contribution in [3.05, 3.63) is 35.4 Å². The van der Waals surface area contributed by atoms with Gasteiger partial charge in [-0.25, -0.2) is 9.59 Å². The van der Waals surface area contributed by atoms with Gasteiger partial charge in [-0.2, -0.15) is 0 Å². The monoisotopic (exact) mass is 292 g/mol. The number of aromatic carboxylic acids is 1. The topological polar surface area (TPSA) is 63.6 Å². The van der Waals surface area contributed by atoms with Crippen LogP contribution in [0.2, 0.25) is 0 Å². The minimum Gasteiger partial charge on any atom is -0.478 e. The van der Waals surface area contributed by atoms with Gasteiger partial charge in [0.25, 0.3) is 0 Å². The van der Waals surface area contributed by atoms with Crippen LogP contribution in [-0.2, 0) is 4.74 Å². The second kappa shape index (κ2) is 6.74. The van der Waals surface area contributed by atoms with E-state index in [1.165, 1.54) is 12.1 Å². The zero-order valence-electron chi connectivity index (χ0n) is 13.3. The van der Waals surface area contributed by atoms with Gasteiger partial charge in [0, 0.05) is 0 Å². The van der Waals surface area contributed by atoms with Gasteiger partial charge in [0.15, 0.2) is 0 Å². The molecule has 0 aliphatic heterocycles. The highest BCUT2D eigenvalue weighted by Crippen LogP contribution is 2.28. The number of carboxylic acid groups (broad SMARTS) is 1. The molecule has 0 radical (unpaired) electrons. The van der Waals surface area contributed by atoms with E-state index in [0.717, 1.165) is 6.42 Å². The summed E-state index contributed by atoms with van der Waals surface area (Å²) >= 11 is 0. The summed E-state index contributed by atoms with van der Waals surface area (Å²) in [6.45, 7) is 10.2. The number of carbonyl (C=O) groups excluding carboxylic acids is 1. The Labute approximate surface area is 126 Å². The van der Waals surface area contributed by atoms with Crippen LogP contribution >= 0.6 is 0 Å². The lowest BCUT2D eigenvalue weighted by atomic mass is 9.84. The average Bonchev–Trinajstić information content (AvgIpc) is 2.36. The van der Waals surface area contributed by atoms with Gasteiger partial charge in [0.05, 0.1) is 11.1 Å². The summed E-state index contributed by atoms with van der Waals surface area (Å²) in [5.74, 6) is -1.32. The van der Waals surface area contributed by atoms with E-state index in [1.807, 2.05) is 20.8 Å². The molecule has 0 amide bonds. The Morgan fingerprint density at radius 2 is 1.67 bits per heavy atom. The lowest BCUT2D eigenvalue weighted by Crippen LogP contribution is -2.33. The number of rotatable bonds is 5. The number of hydrogen-bond acceptors (Lipinski definition) is 3. The van der Waals surface area contributed by atoms with Gasteiger partial charge in [-0.05, 0) is 29.9 Å². The van der Waals surface area contributed by atoms with E-state index in [-0.39, 0.29) is 22.6 Å². The van der Waals surface area contributed by atoms with Crippen molar-refractivity contribution >= 4 is 11.9 Å². The van der Waals surface area contributed by atoms with Crippen LogP contribution in [0, 0.1) is 11.3 Å². The Balaban J connectivity index is 3.00. The van der Waals surface area contributed by atoms with Gasteiger partial charge in [-0.3, -0.25) is 0 Å². The largest absolute Gasteiger partial charge is 0.478 e. The summed E-state index contributed by atoms with van der Waals surface area (Å²) in [5, 5.41) is 9.15. The number of ether oxygens (including phenoxy) is 1. The molecule has 116 valence electrons. The Morgan fingerprint density at radius 3 is 2.10 bits per heavy atom. The summed E-state index contributed by atoms with van der Waals surface area (Å²) in [6.07, 6.45) is 0.483. The molecule has 0 aromatic heterocycles. The number of esters is 1. The van der Waals surface area contributed by atoms with E-state index in [9.17, 15) is 9.59 Å². The summed E-state index contributed by atoms with van der Waals surface area (Å²) in [6, 6.07) is 6.13. The molecular formula is C17H24O4. The van der Waals surface area contributed by atoms with Crippen LogP contribution < -0.4 is 0 Å². The van der Waals surface area contributed by atoms with Crippen molar-refractivity contribution in [2.24, 2.45) is 11.3 Å². The van der Waals surface area contributed by atoms with Gasteiger partial charge < -0.3 is 9.84 Å². The van der Waals surface area contributed by atoms with Crippen molar-refractivity contribution in [1.29, 1.82) is 0 Å². The van der Waals surface area contributed by atoms with Gasteiger partial charge >= 0.3 is 11.9 Å². The summed E-state index contributed by atoms with van der Waals surface area (Å²) in [7, 11) is 0. The molecule has 0 saturated carbocycles. The fourth-order valence-corrected chi connectivity index (χ4v) is 2.05. The van der Waals surface area contributed by atoms with Crippen molar-refractivity contribution in [3.63, 3.8) is 0 Å². The van der Waals surface area contributed by atoms with Crippen molar-refractivity contribution in [1.82, 2.24) is 0 Å². The van der Waals surface area contributed by atoms with E-state index in [2.05, 4.69) is 13.8 Å². The van der Waals surface area contributed by atoms with Gasteiger partial charge in [-0.15, -0.1) is 0 Å². The summed E-state index contributed by atoms with van der Waals surface area (Å²) in [4.78, 5) is 23.5. The van der Waals surface area contributed by atoms with Gasteiger partial charge in [0.1, 0.15) is 6.10 Å². The molecule has 0 heterocycles. The molecule has 1 aromatic rings. The van der Waals surface area contributed by atoms with Crippen LogP contribution in [0.3, 0.4) is 0 Å². The Kier molecular flexibility index (Phi) is 5.53. The Morgan fingerprint density at radius 1 is 1.14 bits per heavy atom. The molecule has 0 fully saturated rings. The fourth-order valence-electron chi connectivity index (χ4n) is 2.05. The summed E-state index contributed by atoms with van der Waals surface area (Å²) in [5.41, 5.74) is -0.124. The van der Waals surface area contributed by atoms with E-state index >= 15 is 0 Å². The van der Waals surface area contributed by atoms with Crippen LogP contribution in [0.5, 0.6) is 0 Å². The lowest BCUT2D eigenvalue weighted by Gasteiger charge is -2.31. The fraction of sp³-hybridized carbons (Fsp3) is 0.529. The zero-order valence-corrected chi connectivity index (χ0v) is 13.3. The minimum absolute atomic E-state index is 0.0280. The third kappa shape index (κ3) is 4.88. The maximum Gasteiger partial charge on any atom is 0.339 e. The van der Waals surface area contributed by atoms with Gasteiger partial charge in [0.2, 0.25) is 0 Å². The predicted molar refractivity (Wildman–Crippen MR) is 81.5 cm³/mol. The quantitative estimate of drug-likeness (QED) is 0.833.